The third-order valence-electron chi connectivity index (χ3n) is 2.32. The molecule has 1 aliphatic carbocycles. The molecule has 0 spiro atoms. The summed E-state index contributed by atoms with van der Waals surface area (Å²) in [6, 6.07) is 0. The summed E-state index contributed by atoms with van der Waals surface area (Å²) in [4.78, 5) is 22.9. The molecule has 0 atom stereocenters. The lowest BCUT2D eigenvalue weighted by Crippen LogP contribution is -2.15. The van der Waals surface area contributed by atoms with Gasteiger partial charge < -0.3 is 4.74 Å². The minimum absolute atomic E-state index is 0.154. The molecule has 1 rings (SSSR count). The Balaban J connectivity index is 2.73. The van der Waals surface area contributed by atoms with Crippen LogP contribution in [0, 0.1) is 5.92 Å². The fraction of sp³-hybridized carbons (Fsp3) is 0.500. The Morgan fingerprint density at radius 3 is 2.47 bits per heavy atom. The Morgan fingerprint density at radius 1 is 1.27 bits per heavy atom. The summed E-state index contributed by atoms with van der Waals surface area (Å²) in [6.45, 7) is 4.17. The van der Waals surface area contributed by atoms with Crippen LogP contribution in [0.5, 0.6) is 0 Å². The van der Waals surface area contributed by atoms with E-state index in [1.165, 1.54) is 19.3 Å². The van der Waals surface area contributed by atoms with E-state index in [0.717, 1.165) is 6.42 Å². The molecule has 15 heavy (non-hydrogen) atoms. The zero-order valence-electron chi connectivity index (χ0n) is 9.37. The second kappa shape index (κ2) is 4.91. The minimum Gasteiger partial charge on any atom is -0.493 e. The van der Waals surface area contributed by atoms with Gasteiger partial charge in [0.25, 0.3) is 0 Å². The standard InChI is InChI=1S/C12H16O3/c1-8(2)4-5-9-6-10(13)7-11(15-3)12(9)14/h6-8H,4-5H2,1-3H3. The number of ether oxygens (including phenoxy) is 1. The van der Waals surface area contributed by atoms with Crippen molar-refractivity contribution in [2.24, 2.45) is 5.92 Å². The first-order valence-corrected chi connectivity index (χ1v) is 5.09. The van der Waals surface area contributed by atoms with E-state index in [1.807, 2.05) is 0 Å². The second-order valence-corrected chi connectivity index (χ2v) is 4.05. The van der Waals surface area contributed by atoms with Gasteiger partial charge in [-0.15, -0.1) is 0 Å². The van der Waals surface area contributed by atoms with Crippen molar-refractivity contribution < 1.29 is 14.3 Å². The molecule has 82 valence electrons. The summed E-state index contributed by atoms with van der Waals surface area (Å²) < 4.78 is 4.86. The number of ketones is 2. The maximum atomic E-state index is 11.7. The monoisotopic (exact) mass is 208 g/mol. The van der Waals surface area contributed by atoms with Crippen LogP contribution < -0.4 is 0 Å². The van der Waals surface area contributed by atoms with Gasteiger partial charge >= 0.3 is 0 Å². The van der Waals surface area contributed by atoms with Gasteiger partial charge in [0.05, 0.1) is 7.11 Å². The van der Waals surface area contributed by atoms with E-state index in [1.54, 1.807) is 0 Å². The molecule has 1 aliphatic rings. The third kappa shape index (κ3) is 3.05. The van der Waals surface area contributed by atoms with E-state index >= 15 is 0 Å². The maximum absolute atomic E-state index is 11.7. The Bertz CT molecular complexity index is 335. The summed E-state index contributed by atoms with van der Waals surface area (Å²) in [5.41, 5.74) is 0.563. The highest BCUT2D eigenvalue weighted by Crippen LogP contribution is 2.19. The van der Waals surface area contributed by atoms with Gasteiger partial charge in [0.15, 0.2) is 11.5 Å². The zero-order valence-corrected chi connectivity index (χ0v) is 9.37. The van der Waals surface area contributed by atoms with Gasteiger partial charge in [-0.05, 0) is 24.8 Å². The molecule has 3 nitrogen and oxygen atoms in total. The molecule has 0 aliphatic heterocycles. The molecule has 3 heteroatoms. The largest absolute Gasteiger partial charge is 0.493 e. The summed E-state index contributed by atoms with van der Waals surface area (Å²) in [5.74, 6) is 0.356. The first-order valence-electron chi connectivity index (χ1n) is 5.09. The highest BCUT2D eigenvalue weighted by Gasteiger charge is 2.21. The molecule has 0 heterocycles. The summed E-state index contributed by atoms with van der Waals surface area (Å²) in [7, 11) is 1.41. The highest BCUT2D eigenvalue weighted by atomic mass is 16.5. The van der Waals surface area contributed by atoms with Crippen molar-refractivity contribution in [3.8, 4) is 0 Å². The van der Waals surface area contributed by atoms with Crippen molar-refractivity contribution in [1.82, 2.24) is 0 Å². The predicted molar refractivity (Wildman–Crippen MR) is 57.3 cm³/mol. The van der Waals surface area contributed by atoms with E-state index < -0.39 is 0 Å². The van der Waals surface area contributed by atoms with Gasteiger partial charge in [-0.1, -0.05) is 13.8 Å². The average Bonchev–Trinajstić information content (AvgIpc) is 2.18. The Kier molecular flexibility index (Phi) is 3.83. The number of methoxy groups -OCH3 is 1. The fourth-order valence-corrected chi connectivity index (χ4v) is 1.41. The van der Waals surface area contributed by atoms with Crippen LogP contribution in [0.1, 0.15) is 26.7 Å². The first-order chi connectivity index (χ1) is 7.04. The van der Waals surface area contributed by atoms with Gasteiger partial charge in [0.1, 0.15) is 0 Å². The van der Waals surface area contributed by atoms with Gasteiger partial charge in [-0.25, -0.2) is 0 Å². The topological polar surface area (TPSA) is 43.4 Å². The number of carbonyl (C=O) groups is 2. The zero-order chi connectivity index (χ0) is 11.4. The number of hydrogen-bond acceptors (Lipinski definition) is 3. The molecule has 0 radical (unpaired) electrons. The van der Waals surface area contributed by atoms with Crippen LogP contribution in [-0.4, -0.2) is 18.7 Å². The molecule has 0 unspecified atom stereocenters. The second-order valence-electron chi connectivity index (χ2n) is 4.05. The van der Waals surface area contributed by atoms with E-state index in [9.17, 15) is 9.59 Å². The van der Waals surface area contributed by atoms with Crippen molar-refractivity contribution in [2.45, 2.75) is 26.7 Å². The molecule has 0 bridgehead atoms. The molecule has 0 amide bonds. The normalized spacial score (nSPS) is 16.5. The molecule has 0 saturated heterocycles. The Labute approximate surface area is 89.8 Å². The number of carbonyl (C=O) groups excluding carboxylic acids is 2. The average molecular weight is 208 g/mol. The number of Topliss-reactive ketones (excluding diaryl/α,β-unsaturated/α-hetero) is 1. The van der Waals surface area contributed by atoms with Crippen LogP contribution in [0.2, 0.25) is 0 Å². The SMILES string of the molecule is COC1=CC(=O)C=C(CCC(C)C)C1=O. The van der Waals surface area contributed by atoms with Gasteiger partial charge in [0, 0.05) is 11.6 Å². The molecular weight excluding hydrogens is 192 g/mol. The van der Waals surface area contributed by atoms with E-state index in [-0.39, 0.29) is 17.3 Å². The van der Waals surface area contributed by atoms with Crippen LogP contribution in [0.25, 0.3) is 0 Å². The lowest BCUT2D eigenvalue weighted by molar-refractivity contribution is -0.117. The summed E-state index contributed by atoms with van der Waals surface area (Å²) >= 11 is 0. The number of allylic oxidation sites excluding steroid dienone is 3. The molecule has 0 aromatic heterocycles. The van der Waals surface area contributed by atoms with Crippen molar-refractivity contribution >= 4 is 11.6 Å². The molecule has 0 aromatic rings. The number of rotatable bonds is 4. The fourth-order valence-electron chi connectivity index (χ4n) is 1.41. The lowest BCUT2D eigenvalue weighted by atomic mass is 9.95. The molecule has 0 saturated carbocycles. The quantitative estimate of drug-likeness (QED) is 0.664. The van der Waals surface area contributed by atoms with Crippen LogP contribution in [0.3, 0.4) is 0 Å². The van der Waals surface area contributed by atoms with Crippen LogP contribution in [0.15, 0.2) is 23.5 Å². The van der Waals surface area contributed by atoms with Crippen molar-refractivity contribution in [2.75, 3.05) is 7.11 Å². The van der Waals surface area contributed by atoms with Crippen molar-refractivity contribution in [3.63, 3.8) is 0 Å². The Hall–Kier alpha value is -1.38. The predicted octanol–water partition coefficient (Wildman–Crippen LogP) is 2.03. The van der Waals surface area contributed by atoms with Gasteiger partial charge in [0.2, 0.25) is 5.78 Å². The minimum atomic E-state index is -0.162. The molecule has 0 N–H and O–H groups in total. The van der Waals surface area contributed by atoms with Gasteiger partial charge in [-0.2, -0.15) is 0 Å². The smallest absolute Gasteiger partial charge is 0.223 e. The lowest BCUT2D eigenvalue weighted by Gasteiger charge is -2.13. The first kappa shape index (κ1) is 11.7. The van der Waals surface area contributed by atoms with Crippen LogP contribution >= 0.6 is 0 Å². The number of hydrogen-bond donors (Lipinski definition) is 0. The van der Waals surface area contributed by atoms with Crippen molar-refractivity contribution in [3.05, 3.63) is 23.5 Å². The summed E-state index contributed by atoms with van der Waals surface area (Å²) in [6.07, 6.45) is 4.19. The molecule has 0 fully saturated rings. The van der Waals surface area contributed by atoms with Crippen LogP contribution in [0.4, 0.5) is 0 Å². The van der Waals surface area contributed by atoms with E-state index in [0.29, 0.717) is 17.9 Å². The molecule has 0 aromatic carbocycles. The Morgan fingerprint density at radius 2 is 1.93 bits per heavy atom. The summed E-state index contributed by atoms with van der Waals surface area (Å²) in [5, 5.41) is 0. The van der Waals surface area contributed by atoms with E-state index in [2.05, 4.69) is 13.8 Å². The third-order valence-corrected chi connectivity index (χ3v) is 2.32. The maximum Gasteiger partial charge on any atom is 0.223 e. The van der Waals surface area contributed by atoms with Gasteiger partial charge in [-0.3, -0.25) is 9.59 Å². The van der Waals surface area contributed by atoms with E-state index in [4.69, 9.17) is 4.74 Å². The molecular formula is C12H16O3. The van der Waals surface area contributed by atoms with Crippen LogP contribution in [-0.2, 0) is 14.3 Å². The van der Waals surface area contributed by atoms with Crippen molar-refractivity contribution in [1.29, 1.82) is 0 Å². The highest BCUT2D eigenvalue weighted by molar-refractivity contribution is 6.19.